The molecule has 2 aromatic carbocycles. The highest BCUT2D eigenvalue weighted by Gasteiger charge is 2.28. The molecule has 36 heavy (non-hydrogen) atoms. The molecule has 0 aliphatic carbocycles. The third-order valence-electron chi connectivity index (χ3n) is 6.30. The molecular weight excluding hydrogens is 465 g/mol. The Morgan fingerprint density at radius 2 is 1.97 bits per heavy atom. The van der Waals surface area contributed by atoms with Crippen LogP contribution in [0.2, 0.25) is 0 Å². The minimum Gasteiger partial charge on any atom is -0.465 e. The maximum atomic E-state index is 13.4. The number of rotatable bonds is 5. The molecule has 4 aromatic rings. The molecule has 0 saturated carbocycles. The van der Waals surface area contributed by atoms with Gasteiger partial charge in [-0.15, -0.1) is 0 Å². The quantitative estimate of drug-likeness (QED) is 0.390. The number of amides is 2. The van der Waals surface area contributed by atoms with Crippen molar-refractivity contribution in [1.29, 1.82) is 0 Å². The third kappa shape index (κ3) is 4.54. The number of nitrogens with one attached hydrogen (secondary N) is 1. The van der Waals surface area contributed by atoms with Crippen LogP contribution in [0.4, 0.5) is 15.0 Å². The first kappa shape index (κ1) is 23.2. The molecule has 5 rings (SSSR count). The van der Waals surface area contributed by atoms with E-state index in [0.717, 1.165) is 24.0 Å². The normalized spacial score (nSPS) is 15.7. The summed E-state index contributed by atoms with van der Waals surface area (Å²) in [6.07, 6.45) is 1.92. The minimum atomic E-state index is -0.953. The van der Waals surface area contributed by atoms with Crippen molar-refractivity contribution in [3.8, 4) is 11.3 Å². The second-order valence-electron chi connectivity index (χ2n) is 8.67. The van der Waals surface area contributed by atoms with E-state index >= 15 is 0 Å². The summed E-state index contributed by atoms with van der Waals surface area (Å²) in [4.78, 5) is 33.7. The molecule has 1 saturated heterocycles. The van der Waals surface area contributed by atoms with Crippen molar-refractivity contribution in [2.75, 3.05) is 18.8 Å². The molecule has 1 aliphatic rings. The van der Waals surface area contributed by atoms with Gasteiger partial charge in [-0.1, -0.05) is 30.3 Å². The lowest BCUT2D eigenvalue weighted by Gasteiger charge is -2.30. The van der Waals surface area contributed by atoms with Gasteiger partial charge in [0.2, 0.25) is 0 Å². The molecule has 1 atom stereocenters. The number of carbonyl (C=O) groups is 2. The average Bonchev–Trinajstić information content (AvgIpc) is 3.29. The Hall–Kier alpha value is -4.54. The van der Waals surface area contributed by atoms with E-state index in [1.165, 1.54) is 29.4 Å². The van der Waals surface area contributed by atoms with E-state index < -0.39 is 11.9 Å². The molecule has 0 spiro atoms. The van der Waals surface area contributed by atoms with Gasteiger partial charge in [0, 0.05) is 30.8 Å². The average molecular weight is 490 g/mol. The first-order valence-electron chi connectivity index (χ1n) is 11.5. The summed E-state index contributed by atoms with van der Waals surface area (Å²) in [6.45, 7) is 1.08. The molecule has 11 heteroatoms. The van der Waals surface area contributed by atoms with Crippen LogP contribution >= 0.6 is 0 Å². The zero-order valence-electron chi connectivity index (χ0n) is 19.3. The fourth-order valence-electron chi connectivity index (χ4n) is 4.47. The fourth-order valence-corrected chi connectivity index (χ4v) is 4.47. The van der Waals surface area contributed by atoms with Crippen molar-refractivity contribution >= 4 is 28.9 Å². The maximum Gasteiger partial charge on any atom is 0.407 e. The Kier molecular flexibility index (Phi) is 6.19. The molecule has 0 radical (unpaired) electrons. The van der Waals surface area contributed by atoms with E-state index in [1.54, 1.807) is 10.7 Å². The van der Waals surface area contributed by atoms with Crippen LogP contribution in [0.5, 0.6) is 0 Å². The Bertz CT molecular complexity index is 1440. The molecular formula is C25H24FN7O3. The Morgan fingerprint density at radius 1 is 1.17 bits per heavy atom. The molecule has 2 aromatic heterocycles. The summed E-state index contributed by atoms with van der Waals surface area (Å²) in [5.41, 5.74) is 9.25. The predicted molar refractivity (Wildman–Crippen MR) is 131 cm³/mol. The summed E-state index contributed by atoms with van der Waals surface area (Å²) in [7, 11) is 0. The topological polar surface area (TPSA) is 139 Å². The predicted octanol–water partition coefficient (Wildman–Crippen LogP) is 3.46. The standard InChI is InChI=1S/C25H24FN7O3/c26-18-4-1-3-17(11-18)24(34)28-12-15-6-8-16(9-7-15)21-20-22(27)29-14-30-23(20)33(31-21)19-5-2-10-32(13-19)25(35)36/h1,3-4,6-9,11,14,19H,2,5,10,12-13H2,(H,28,34)(H,35,36)(H2,27,29,30)/t19-/m1/s1. The van der Waals surface area contributed by atoms with E-state index in [1.807, 2.05) is 24.3 Å². The molecule has 0 unspecified atom stereocenters. The van der Waals surface area contributed by atoms with Crippen molar-refractivity contribution < 1.29 is 19.1 Å². The number of nitrogen functional groups attached to an aromatic ring is 1. The number of carbonyl (C=O) groups excluding carboxylic acids is 1. The highest BCUT2D eigenvalue weighted by molar-refractivity contribution is 5.98. The van der Waals surface area contributed by atoms with Crippen LogP contribution in [-0.4, -0.2) is 54.8 Å². The number of piperidine rings is 1. The van der Waals surface area contributed by atoms with Crippen molar-refractivity contribution in [2.24, 2.45) is 0 Å². The van der Waals surface area contributed by atoms with Crippen molar-refractivity contribution in [3.05, 3.63) is 71.8 Å². The molecule has 0 bridgehead atoms. The van der Waals surface area contributed by atoms with Crippen LogP contribution in [0.1, 0.15) is 34.8 Å². The minimum absolute atomic E-state index is 0.169. The van der Waals surface area contributed by atoms with E-state index in [0.29, 0.717) is 35.6 Å². The number of hydrogen-bond donors (Lipinski definition) is 3. The first-order valence-corrected chi connectivity index (χ1v) is 11.5. The lowest BCUT2D eigenvalue weighted by molar-refractivity contribution is 0.0950. The lowest BCUT2D eigenvalue weighted by Crippen LogP contribution is -2.40. The summed E-state index contributed by atoms with van der Waals surface area (Å²) in [5.74, 6) is -0.541. The number of fused-ring (bicyclic) bond motifs is 1. The number of hydrogen-bond acceptors (Lipinski definition) is 6. The highest BCUT2D eigenvalue weighted by atomic mass is 19.1. The Balaban J connectivity index is 1.39. The van der Waals surface area contributed by atoms with Gasteiger partial charge in [0.25, 0.3) is 5.91 Å². The zero-order chi connectivity index (χ0) is 25.2. The van der Waals surface area contributed by atoms with Crippen LogP contribution in [0.25, 0.3) is 22.3 Å². The van der Waals surface area contributed by atoms with Gasteiger partial charge in [-0.25, -0.2) is 23.8 Å². The smallest absolute Gasteiger partial charge is 0.407 e. The molecule has 184 valence electrons. The van der Waals surface area contributed by atoms with Gasteiger partial charge in [0.05, 0.1) is 11.4 Å². The molecule has 2 amide bonds. The number of halogens is 1. The highest BCUT2D eigenvalue weighted by Crippen LogP contribution is 2.33. The van der Waals surface area contributed by atoms with Crippen LogP contribution in [0.15, 0.2) is 54.9 Å². The van der Waals surface area contributed by atoms with Gasteiger partial charge in [-0.05, 0) is 36.6 Å². The van der Waals surface area contributed by atoms with Crippen LogP contribution in [-0.2, 0) is 6.54 Å². The van der Waals surface area contributed by atoms with Gasteiger partial charge in [-0.3, -0.25) is 4.79 Å². The maximum absolute atomic E-state index is 13.4. The monoisotopic (exact) mass is 489 g/mol. The summed E-state index contributed by atoms with van der Waals surface area (Å²) in [5, 5.41) is 17.6. The van der Waals surface area contributed by atoms with Crippen LogP contribution in [0, 0.1) is 5.82 Å². The first-order chi connectivity index (χ1) is 17.4. The Labute approximate surface area is 205 Å². The van der Waals surface area contributed by atoms with Crippen molar-refractivity contribution in [3.63, 3.8) is 0 Å². The summed E-state index contributed by atoms with van der Waals surface area (Å²) < 4.78 is 15.1. The van der Waals surface area contributed by atoms with Gasteiger partial charge in [0.1, 0.15) is 23.7 Å². The molecule has 3 heterocycles. The SMILES string of the molecule is Nc1ncnc2c1c(-c1ccc(CNC(=O)c3cccc(F)c3)cc1)nn2[C@@H]1CCCN(C(=O)O)C1. The fraction of sp³-hybridized carbons (Fsp3) is 0.240. The number of anilines is 1. The number of benzene rings is 2. The van der Waals surface area contributed by atoms with Crippen molar-refractivity contribution in [2.45, 2.75) is 25.4 Å². The van der Waals surface area contributed by atoms with Gasteiger partial charge in [-0.2, -0.15) is 5.10 Å². The molecule has 4 N–H and O–H groups in total. The van der Waals surface area contributed by atoms with E-state index in [9.17, 15) is 19.1 Å². The Morgan fingerprint density at radius 3 is 2.72 bits per heavy atom. The molecule has 10 nitrogen and oxygen atoms in total. The lowest BCUT2D eigenvalue weighted by atomic mass is 10.1. The second kappa shape index (κ2) is 9.61. The number of nitrogens with zero attached hydrogens (tertiary/aromatic N) is 5. The van der Waals surface area contributed by atoms with Crippen LogP contribution < -0.4 is 11.1 Å². The summed E-state index contributed by atoms with van der Waals surface area (Å²) in [6, 6.07) is 12.8. The second-order valence-corrected chi connectivity index (χ2v) is 8.67. The largest absolute Gasteiger partial charge is 0.465 e. The zero-order valence-corrected chi connectivity index (χ0v) is 19.3. The number of nitrogens with two attached hydrogens (primary N) is 1. The summed E-state index contributed by atoms with van der Waals surface area (Å²) >= 11 is 0. The van der Waals surface area contributed by atoms with Crippen molar-refractivity contribution in [1.82, 2.24) is 30.0 Å². The number of likely N-dealkylation sites (tertiary alicyclic amines) is 1. The van der Waals surface area contributed by atoms with Gasteiger partial charge >= 0.3 is 6.09 Å². The third-order valence-corrected chi connectivity index (χ3v) is 6.30. The van der Waals surface area contributed by atoms with Gasteiger partial charge in [0.15, 0.2) is 5.65 Å². The van der Waals surface area contributed by atoms with E-state index in [2.05, 4.69) is 15.3 Å². The number of carboxylic acid groups (broad SMARTS) is 1. The molecule has 1 aliphatic heterocycles. The van der Waals surface area contributed by atoms with E-state index in [4.69, 9.17) is 10.8 Å². The molecule has 1 fully saturated rings. The van der Waals surface area contributed by atoms with E-state index in [-0.39, 0.29) is 24.1 Å². The van der Waals surface area contributed by atoms with Gasteiger partial charge < -0.3 is 21.1 Å². The number of aromatic nitrogens is 4. The van der Waals surface area contributed by atoms with Crippen LogP contribution in [0.3, 0.4) is 0 Å².